The van der Waals surface area contributed by atoms with Crippen molar-refractivity contribution in [3.63, 3.8) is 0 Å². The van der Waals surface area contributed by atoms with E-state index in [1.807, 2.05) is 28.5 Å². The maximum Gasteiger partial charge on any atom is 0.308 e. The number of hydrogen-bond donors (Lipinski definition) is 5. The zero-order chi connectivity index (χ0) is 19.4. The highest BCUT2D eigenvalue weighted by molar-refractivity contribution is 8.76. The molecule has 0 bridgehead atoms. The topological polar surface area (TPSA) is 46.5 Å². The van der Waals surface area contributed by atoms with Crippen molar-refractivity contribution in [3.05, 3.63) is 29.8 Å². The smallest absolute Gasteiger partial charge is 0.308 e. The number of methoxy groups -OCH3 is 1. The standard InChI is InChI=1S/C11H14O3.C4H10S2.2H2S2/c1-8(11(13)14-2)7-9-3-5-10(12)6-4-9;1-3-5-6-4-2;2*1-2/h3-6,8,12H,7H2,1-2H3;3-4H2,1-2H3;2*1-2H. The Labute approximate surface area is 175 Å². The highest BCUT2D eigenvalue weighted by atomic mass is 33.1. The summed E-state index contributed by atoms with van der Waals surface area (Å²) in [6, 6.07) is 6.82. The maximum atomic E-state index is 11.1. The van der Waals surface area contributed by atoms with Crippen LogP contribution in [-0.4, -0.2) is 29.7 Å². The van der Waals surface area contributed by atoms with Crippen LogP contribution in [-0.2, 0) is 16.0 Å². The van der Waals surface area contributed by atoms with Crippen molar-refractivity contribution in [3.8, 4) is 5.75 Å². The van der Waals surface area contributed by atoms with Gasteiger partial charge in [-0.25, -0.2) is 0 Å². The van der Waals surface area contributed by atoms with E-state index in [1.54, 1.807) is 24.3 Å². The van der Waals surface area contributed by atoms with Crippen LogP contribution < -0.4 is 0 Å². The van der Waals surface area contributed by atoms with Gasteiger partial charge < -0.3 is 9.84 Å². The summed E-state index contributed by atoms with van der Waals surface area (Å²) in [6.07, 6.45) is 0.632. The van der Waals surface area contributed by atoms with Crippen molar-refractivity contribution in [2.45, 2.75) is 27.2 Å². The van der Waals surface area contributed by atoms with E-state index in [0.717, 1.165) is 5.56 Å². The lowest BCUT2D eigenvalue weighted by atomic mass is 10.0. The van der Waals surface area contributed by atoms with E-state index in [-0.39, 0.29) is 17.6 Å². The maximum absolute atomic E-state index is 11.1. The third-order valence-corrected chi connectivity index (χ3v) is 4.95. The monoisotopic (exact) mass is 448 g/mol. The van der Waals surface area contributed by atoms with Gasteiger partial charge in [-0.15, -0.1) is 46.6 Å². The second kappa shape index (κ2) is 23.6. The third-order valence-electron chi connectivity index (χ3n) is 2.40. The number of phenols is 1. The van der Waals surface area contributed by atoms with E-state index in [1.165, 1.54) is 18.6 Å². The van der Waals surface area contributed by atoms with Gasteiger partial charge in [-0.05, 0) is 24.1 Å². The number of benzene rings is 1. The van der Waals surface area contributed by atoms with Crippen molar-refractivity contribution in [2.24, 2.45) is 5.92 Å². The number of ether oxygens (including phenoxy) is 1. The van der Waals surface area contributed by atoms with Gasteiger partial charge in [0.25, 0.3) is 0 Å². The molecule has 0 heterocycles. The molecule has 3 nitrogen and oxygen atoms in total. The molecule has 0 fully saturated rings. The number of rotatable bonds is 6. The molecule has 9 heteroatoms. The molecule has 0 aliphatic rings. The fraction of sp³-hybridized carbons (Fsp3) is 0.533. The largest absolute Gasteiger partial charge is 0.508 e. The molecule has 0 aromatic heterocycles. The molecule has 0 saturated heterocycles. The van der Waals surface area contributed by atoms with E-state index in [4.69, 9.17) is 5.11 Å². The van der Waals surface area contributed by atoms with E-state index in [0.29, 0.717) is 6.42 Å². The minimum atomic E-state index is -0.210. The number of phenolic OH excluding ortho intramolecular Hbond substituents is 1. The number of aromatic hydroxyl groups is 1. The number of hydrogen-bond acceptors (Lipinski definition) is 9. The zero-order valence-electron chi connectivity index (χ0n) is 14.4. The minimum Gasteiger partial charge on any atom is -0.508 e. The molecule has 0 spiro atoms. The van der Waals surface area contributed by atoms with Crippen LogP contribution in [0.3, 0.4) is 0 Å². The highest BCUT2D eigenvalue weighted by Gasteiger charge is 2.13. The van der Waals surface area contributed by atoms with E-state index in [2.05, 4.69) is 65.2 Å². The molecule has 0 amide bonds. The number of carbonyl (C=O) groups excluding carboxylic acids is 1. The van der Waals surface area contributed by atoms with Crippen LogP contribution in [0.4, 0.5) is 0 Å². The summed E-state index contributed by atoms with van der Waals surface area (Å²) in [5, 5.41) is 9.05. The summed E-state index contributed by atoms with van der Waals surface area (Å²) in [4.78, 5) is 11.1. The first-order valence-electron chi connectivity index (χ1n) is 7.05. The molecule has 24 heavy (non-hydrogen) atoms. The SMILES string of the molecule is CCSSCC.COC(=O)C(C)Cc1ccc(O)cc1.SS.SS. The van der Waals surface area contributed by atoms with Gasteiger partial charge in [0.05, 0.1) is 13.0 Å². The van der Waals surface area contributed by atoms with Crippen molar-refractivity contribution < 1.29 is 14.6 Å². The van der Waals surface area contributed by atoms with Crippen molar-refractivity contribution in [1.82, 2.24) is 0 Å². The van der Waals surface area contributed by atoms with Gasteiger partial charge in [-0.3, -0.25) is 4.79 Å². The summed E-state index contributed by atoms with van der Waals surface area (Å²) in [7, 11) is 5.23. The van der Waals surface area contributed by atoms with Crippen molar-refractivity contribution in [1.29, 1.82) is 0 Å². The number of carbonyl (C=O) groups is 1. The van der Waals surface area contributed by atoms with Crippen LogP contribution in [0.2, 0.25) is 0 Å². The molecule has 1 unspecified atom stereocenters. The first-order valence-corrected chi connectivity index (χ1v) is 12.7. The molecule has 0 radical (unpaired) electrons. The second-order valence-corrected chi connectivity index (χ2v) is 7.15. The Morgan fingerprint density at radius 2 is 1.50 bits per heavy atom. The summed E-state index contributed by atoms with van der Waals surface area (Å²) in [5.74, 6) is 2.35. The third kappa shape index (κ3) is 18.9. The predicted molar refractivity (Wildman–Crippen MR) is 125 cm³/mol. The summed E-state index contributed by atoms with van der Waals surface area (Å²) < 4.78 is 4.62. The van der Waals surface area contributed by atoms with E-state index < -0.39 is 0 Å². The van der Waals surface area contributed by atoms with E-state index in [9.17, 15) is 4.79 Å². The van der Waals surface area contributed by atoms with Crippen LogP contribution >= 0.6 is 68.2 Å². The van der Waals surface area contributed by atoms with Crippen LogP contribution in [0.5, 0.6) is 5.75 Å². The summed E-state index contributed by atoms with van der Waals surface area (Å²) in [6.45, 7) is 6.17. The summed E-state index contributed by atoms with van der Waals surface area (Å²) in [5.41, 5.74) is 1.01. The molecule has 0 saturated carbocycles. The minimum absolute atomic E-state index is 0.149. The normalized spacial score (nSPS) is 9.83. The van der Waals surface area contributed by atoms with E-state index >= 15 is 0 Å². The molecule has 1 rings (SSSR count). The van der Waals surface area contributed by atoms with Gasteiger partial charge in [-0.1, -0.05) is 54.5 Å². The molecular formula is C15H28O3S6. The predicted octanol–water partition coefficient (Wildman–Crippen LogP) is 5.67. The van der Waals surface area contributed by atoms with Crippen LogP contribution in [0.15, 0.2) is 24.3 Å². The van der Waals surface area contributed by atoms with Crippen molar-refractivity contribution >= 4 is 74.2 Å². The molecular weight excluding hydrogens is 421 g/mol. The van der Waals surface area contributed by atoms with Gasteiger partial charge in [0, 0.05) is 11.5 Å². The van der Waals surface area contributed by atoms with Crippen LogP contribution in [0.1, 0.15) is 26.3 Å². The molecule has 1 aromatic rings. The van der Waals surface area contributed by atoms with Gasteiger partial charge >= 0.3 is 5.97 Å². The fourth-order valence-corrected chi connectivity index (χ4v) is 2.77. The van der Waals surface area contributed by atoms with Gasteiger partial charge in [-0.2, -0.15) is 0 Å². The van der Waals surface area contributed by atoms with Crippen LogP contribution in [0, 0.1) is 5.92 Å². The Balaban J connectivity index is -0.000000371. The molecule has 0 aliphatic heterocycles. The Morgan fingerprint density at radius 1 is 1.08 bits per heavy atom. The molecule has 1 atom stereocenters. The Morgan fingerprint density at radius 3 is 1.83 bits per heavy atom. The average Bonchev–Trinajstić information content (AvgIpc) is 2.65. The average molecular weight is 449 g/mol. The Hall–Kier alpha value is 0.590. The van der Waals surface area contributed by atoms with Gasteiger partial charge in [0.15, 0.2) is 0 Å². The van der Waals surface area contributed by atoms with Crippen molar-refractivity contribution in [2.75, 3.05) is 18.6 Å². The zero-order valence-corrected chi connectivity index (χ0v) is 19.6. The second-order valence-electron chi connectivity index (χ2n) is 4.11. The molecule has 142 valence electrons. The number of esters is 1. The lowest BCUT2D eigenvalue weighted by Gasteiger charge is -2.08. The molecule has 1 N–H and O–H groups in total. The molecule has 1 aromatic carbocycles. The van der Waals surface area contributed by atoms with Gasteiger partial charge in [0.1, 0.15) is 5.75 Å². The lowest BCUT2D eigenvalue weighted by Crippen LogP contribution is -2.14. The molecule has 0 aliphatic carbocycles. The number of thiol groups is 4. The quantitative estimate of drug-likeness (QED) is 0.168. The lowest BCUT2D eigenvalue weighted by molar-refractivity contribution is -0.144. The van der Waals surface area contributed by atoms with Gasteiger partial charge in [0.2, 0.25) is 0 Å². The summed E-state index contributed by atoms with van der Waals surface area (Å²) >= 11 is 12.9. The Bertz CT molecular complexity index is 372. The first-order chi connectivity index (χ1) is 11.5. The van der Waals surface area contributed by atoms with Crippen LogP contribution in [0.25, 0.3) is 0 Å². The highest BCUT2D eigenvalue weighted by Crippen LogP contribution is 2.18. The Kier molecular flexibility index (Phi) is 28.9. The fourth-order valence-electron chi connectivity index (χ4n) is 1.44. The first kappa shape index (κ1) is 29.4.